The molecule has 0 heterocycles. The Bertz CT molecular complexity index is 1160. The summed E-state index contributed by atoms with van der Waals surface area (Å²) in [5, 5.41) is 14.4. The molecule has 202 valence electrons. The van der Waals surface area contributed by atoms with Crippen LogP contribution in [0.25, 0.3) is 0 Å². The van der Waals surface area contributed by atoms with Gasteiger partial charge in [-0.25, -0.2) is 9.59 Å². The topological polar surface area (TPSA) is 84.9 Å². The highest BCUT2D eigenvalue weighted by molar-refractivity contribution is 6.99. The SMILES string of the molecule is CC(C)(C)OC(=O)N[C@@H](Cc1ccc(CO[Si](c2ccccc2)(c2ccccc2)C(C)(C)C)cc1)C(=O)O. The van der Waals surface area contributed by atoms with Gasteiger partial charge in [0.05, 0.1) is 6.61 Å². The molecule has 0 bridgehead atoms. The predicted molar refractivity (Wildman–Crippen MR) is 153 cm³/mol. The molecule has 0 aliphatic rings. The van der Waals surface area contributed by atoms with Crippen LogP contribution in [-0.4, -0.2) is 37.1 Å². The summed E-state index contributed by atoms with van der Waals surface area (Å²) in [6.45, 7) is 12.3. The molecule has 3 aromatic carbocycles. The summed E-state index contributed by atoms with van der Waals surface area (Å²) in [4.78, 5) is 23.9. The Hall–Kier alpha value is -3.42. The number of hydrogen-bond donors (Lipinski definition) is 2. The van der Waals surface area contributed by atoms with Gasteiger partial charge in [0.15, 0.2) is 0 Å². The highest BCUT2D eigenvalue weighted by atomic mass is 28.4. The van der Waals surface area contributed by atoms with Gasteiger partial charge in [-0.2, -0.15) is 0 Å². The molecule has 0 saturated carbocycles. The molecule has 7 heteroatoms. The van der Waals surface area contributed by atoms with Gasteiger partial charge in [0.25, 0.3) is 8.32 Å². The molecule has 0 radical (unpaired) electrons. The van der Waals surface area contributed by atoms with Crippen LogP contribution < -0.4 is 15.7 Å². The van der Waals surface area contributed by atoms with Crippen molar-refractivity contribution in [1.82, 2.24) is 5.32 Å². The summed E-state index contributed by atoms with van der Waals surface area (Å²) in [5.74, 6) is -1.12. The zero-order valence-electron chi connectivity index (χ0n) is 23.2. The molecule has 0 aromatic heterocycles. The van der Waals surface area contributed by atoms with Gasteiger partial charge in [0.1, 0.15) is 11.6 Å². The van der Waals surface area contributed by atoms with Gasteiger partial charge in [-0.3, -0.25) is 0 Å². The summed E-state index contributed by atoms with van der Waals surface area (Å²) < 4.78 is 12.2. The summed E-state index contributed by atoms with van der Waals surface area (Å²) in [5.41, 5.74) is 1.08. The number of amides is 1. The highest BCUT2D eigenvalue weighted by Gasteiger charge is 2.50. The lowest BCUT2D eigenvalue weighted by molar-refractivity contribution is -0.139. The first-order valence-electron chi connectivity index (χ1n) is 12.9. The normalized spacial score (nSPS) is 13.0. The van der Waals surface area contributed by atoms with Crippen molar-refractivity contribution in [3.8, 4) is 0 Å². The molecule has 38 heavy (non-hydrogen) atoms. The lowest BCUT2D eigenvalue weighted by Gasteiger charge is -2.43. The van der Waals surface area contributed by atoms with Crippen LogP contribution in [0.3, 0.4) is 0 Å². The van der Waals surface area contributed by atoms with Crippen molar-refractivity contribution in [3.63, 3.8) is 0 Å². The van der Waals surface area contributed by atoms with Crippen LogP contribution in [0, 0.1) is 0 Å². The first-order chi connectivity index (χ1) is 17.8. The van der Waals surface area contributed by atoms with E-state index in [1.165, 1.54) is 10.4 Å². The van der Waals surface area contributed by atoms with E-state index in [-0.39, 0.29) is 11.5 Å². The van der Waals surface area contributed by atoms with E-state index >= 15 is 0 Å². The number of ether oxygens (including phenoxy) is 1. The molecule has 0 saturated heterocycles. The third-order valence-electron chi connectivity index (χ3n) is 6.32. The van der Waals surface area contributed by atoms with Crippen LogP contribution in [0.5, 0.6) is 0 Å². The van der Waals surface area contributed by atoms with Crippen molar-refractivity contribution in [2.45, 2.75) is 71.3 Å². The summed E-state index contributed by atoms with van der Waals surface area (Å²) in [6, 6.07) is 27.6. The largest absolute Gasteiger partial charge is 0.480 e. The maximum atomic E-state index is 12.1. The van der Waals surface area contributed by atoms with Crippen molar-refractivity contribution in [2.24, 2.45) is 0 Å². The molecule has 3 rings (SSSR count). The minimum absolute atomic E-state index is 0.127. The van der Waals surface area contributed by atoms with Gasteiger partial charge in [-0.1, -0.05) is 106 Å². The van der Waals surface area contributed by atoms with E-state index in [4.69, 9.17) is 9.16 Å². The first-order valence-corrected chi connectivity index (χ1v) is 14.8. The molecule has 0 aliphatic carbocycles. The summed E-state index contributed by atoms with van der Waals surface area (Å²) in [7, 11) is -2.66. The number of carbonyl (C=O) groups is 2. The number of hydrogen-bond acceptors (Lipinski definition) is 4. The van der Waals surface area contributed by atoms with E-state index in [2.05, 4.69) is 74.6 Å². The second-order valence-electron chi connectivity index (χ2n) is 11.5. The van der Waals surface area contributed by atoms with Crippen molar-refractivity contribution in [2.75, 3.05) is 0 Å². The van der Waals surface area contributed by atoms with Crippen LogP contribution in [0.15, 0.2) is 84.9 Å². The molecule has 0 unspecified atom stereocenters. The highest BCUT2D eigenvalue weighted by Crippen LogP contribution is 2.37. The van der Waals surface area contributed by atoms with Crippen LogP contribution in [0.2, 0.25) is 5.04 Å². The number of carboxylic acids is 1. The fourth-order valence-corrected chi connectivity index (χ4v) is 9.15. The minimum atomic E-state index is -2.66. The second kappa shape index (κ2) is 12.0. The van der Waals surface area contributed by atoms with E-state index < -0.39 is 32.0 Å². The van der Waals surface area contributed by atoms with Gasteiger partial charge in [-0.15, -0.1) is 0 Å². The quantitative estimate of drug-likeness (QED) is 0.366. The lowest BCUT2D eigenvalue weighted by atomic mass is 10.0. The lowest BCUT2D eigenvalue weighted by Crippen LogP contribution is -2.66. The average Bonchev–Trinajstić information content (AvgIpc) is 2.84. The molecule has 2 N–H and O–H groups in total. The molecular formula is C31H39NO5Si. The van der Waals surface area contributed by atoms with Gasteiger partial charge < -0.3 is 19.6 Å². The first kappa shape index (κ1) is 29.1. The maximum Gasteiger partial charge on any atom is 0.408 e. The predicted octanol–water partition coefficient (Wildman–Crippen LogP) is 5.28. The molecule has 0 fully saturated rings. The van der Waals surface area contributed by atoms with E-state index in [0.29, 0.717) is 6.61 Å². The Morgan fingerprint density at radius 2 is 1.26 bits per heavy atom. The second-order valence-corrected chi connectivity index (χ2v) is 15.8. The number of nitrogens with one attached hydrogen (secondary N) is 1. The zero-order chi connectivity index (χ0) is 28.0. The van der Waals surface area contributed by atoms with E-state index in [0.717, 1.165) is 11.1 Å². The molecule has 6 nitrogen and oxygen atoms in total. The number of alkyl carbamates (subject to hydrolysis) is 1. The smallest absolute Gasteiger partial charge is 0.408 e. The average molecular weight is 534 g/mol. The van der Waals surface area contributed by atoms with E-state index in [9.17, 15) is 14.7 Å². The van der Waals surface area contributed by atoms with Crippen LogP contribution >= 0.6 is 0 Å². The number of carboxylic acid groups (broad SMARTS) is 1. The summed E-state index contributed by atoms with van der Waals surface area (Å²) >= 11 is 0. The third-order valence-corrected chi connectivity index (χ3v) is 11.3. The van der Waals surface area contributed by atoms with Crippen LogP contribution in [0.4, 0.5) is 4.79 Å². The standard InChI is InChI=1S/C31H39NO5Si/c1-30(2,3)37-29(35)32-27(28(33)34)21-23-17-19-24(20-18-23)22-36-38(31(4,5)6,25-13-9-7-10-14-25)26-15-11-8-12-16-26/h7-20,27H,21-22H2,1-6H3,(H,32,35)(H,33,34)/t27-/m0/s1. The van der Waals surface area contributed by atoms with Crippen molar-refractivity contribution in [1.29, 1.82) is 0 Å². The van der Waals surface area contributed by atoms with Crippen LogP contribution in [-0.2, 0) is 27.0 Å². The number of rotatable bonds is 9. The Kier molecular flexibility index (Phi) is 9.17. The van der Waals surface area contributed by atoms with Gasteiger partial charge in [0.2, 0.25) is 0 Å². The fourth-order valence-electron chi connectivity index (χ4n) is 4.61. The Morgan fingerprint density at radius 3 is 1.68 bits per heavy atom. The van der Waals surface area contributed by atoms with Crippen molar-refractivity contribution >= 4 is 30.8 Å². The fraction of sp³-hybridized carbons (Fsp3) is 0.355. The molecule has 0 spiro atoms. The number of aliphatic carboxylic acids is 1. The maximum absolute atomic E-state index is 12.1. The van der Waals surface area contributed by atoms with Crippen molar-refractivity contribution in [3.05, 3.63) is 96.1 Å². The van der Waals surface area contributed by atoms with E-state index in [1.54, 1.807) is 20.8 Å². The van der Waals surface area contributed by atoms with Gasteiger partial charge >= 0.3 is 12.1 Å². The van der Waals surface area contributed by atoms with Crippen molar-refractivity contribution < 1.29 is 23.9 Å². The van der Waals surface area contributed by atoms with Crippen LogP contribution in [0.1, 0.15) is 52.7 Å². The Morgan fingerprint density at radius 1 is 0.789 bits per heavy atom. The minimum Gasteiger partial charge on any atom is -0.480 e. The molecular weight excluding hydrogens is 494 g/mol. The Labute approximate surface area is 227 Å². The molecule has 0 aliphatic heterocycles. The third kappa shape index (κ3) is 7.33. The number of carbonyl (C=O) groups excluding carboxylic acids is 1. The molecule has 3 aromatic rings. The van der Waals surface area contributed by atoms with E-state index in [1.807, 2.05) is 36.4 Å². The Balaban J connectivity index is 1.80. The molecule has 1 amide bonds. The van der Waals surface area contributed by atoms with Gasteiger partial charge in [-0.05, 0) is 47.3 Å². The monoisotopic (exact) mass is 533 g/mol. The summed E-state index contributed by atoms with van der Waals surface area (Å²) in [6.07, 6.45) is -0.607. The molecule has 1 atom stereocenters. The zero-order valence-corrected chi connectivity index (χ0v) is 24.2. The number of benzene rings is 3. The van der Waals surface area contributed by atoms with Gasteiger partial charge in [0, 0.05) is 6.42 Å².